The van der Waals surface area contributed by atoms with Gasteiger partial charge in [0.2, 0.25) is 0 Å². The average molecular weight is 228 g/mol. The molecule has 0 aliphatic carbocycles. The lowest BCUT2D eigenvalue weighted by atomic mass is 10.1. The molecule has 88 valence electrons. The zero-order chi connectivity index (χ0) is 12.1. The highest BCUT2D eigenvalue weighted by Gasteiger charge is 2.03. The van der Waals surface area contributed by atoms with Crippen LogP contribution in [0.5, 0.6) is 5.75 Å². The van der Waals surface area contributed by atoms with Crippen LogP contribution in [-0.2, 0) is 6.42 Å². The zero-order valence-electron chi connectivity index (χ0n) is 9.98. The first-order chi connectivity index (χ1) is 8.33. The Morgan fingerprint density at radius 3 is 2.65 bits per heavy atom. The molecule has 0 N–H and O–H groups in total. The first kappa shape index (κ1) is 11.5. The van der Waals surface area contributed by atoms with Crippen LogP contribution in [0.1, 0.15) is 12.7 Å². The molecule has 2 rings (SSSR count). The first-order valence-corrected chi connectivity index (χ1v) is 5.75. The third-order valence-electron chi connectivity index (χ3n) is 2.50. The van der Waals surface area contributed by atoms with E-state index in [0.717, 1.165) is 29.1 Å². The Hall–Kier alpha value is -1.96. The van der Waals surface area contributed by atoms with Gasteiger partial charge >= 0.3 is 0 Å². The Kier molecular flexibility index (Phi) is 3.66. The Bertz CT molecular complexity index is 480. The average Bonchev–Trinajstić information content (AvgIpc) is 2.80. The molecule has 0 bridgehead atoms. The van der Waals surface area contributed by atoms with Gasteiger partial charge in [-0.3, -0.25) is 0 Å². The van der Waals surface area contributed by atoms with Gasteiger partial charge in [-0.15, -0.1) is 6.58 Å². The second-order valence-corrected chi connectivity index (χ2v) is 3.75. The van der Waals surface area contributed by atoms with Crippen LogP contribution in [0.25, 0.3) is 11.1 Å². The molecule has 0 aliphatic heterocycles. The molecule has 0 spiro atoms. The molecular formula is C15H16O2. The summed E-state index contributed by atoms with van der Waals surface area (Å²) in [4.78, 5) is 0. The maximum absolute atomic E-state index is 5.43. The van der Waals surface area contributed by atoms with E-state index in [2.05, 4.69) is 6.58 Å². The topological polar surface area (TPSA) is 22.4 Å². The molecule has 0 radical (unpaired) electrons. The maximum atomic E-state index is 5.43. The molecule has 0 unspecified atom stereocenters. The van der Waals surface area contributed by atoms with Crippen molar-refractivity contribution in [3.8, 4) is 16.9 Å². The molecule has 2 heteroatoms. The highest BCUT2D eigenvalue weighted by molar-refractivity contribution is 5.63. The summed E-state index contributed by atoms with van der Waals surface area (Å²) in [5.41, 5.74) is 2.22. The van der Waals surface area contributed by atoms with Gasteiger partial charge in [-0.05, 0) is 30.7 Å². The second kappa shape index (κ2) is 5.39. The summed E-state index contributed by atoms with van der Waals surface area (Å²) in [5.74, 6) is 1.83. The molecular weight excluding hydrogens is 212 g/mol. The van der Waals surface area contributed by atoms with E-state index in [1.807, 2.05) is 43.3 Å². The maximum Gasteiger partial charge on any atom is 0.119 e. The van der Waals surface area contributed by atoms with Crippen LogP contribution >= 0.6 is 0 Å². The smallest absolute Gasteiger partial charge is 0.119 e. The van der Waals surface area contributed by atoms with E-state index >= 15 is 0 Å². The fourth-order valence-corrected chi connectivity index (χ4v) is 1.69. The highest BCUT2D eigenvalue weighted by Crippen LogP contribution is 2.24. The van der Waals surface area contributed by atoms with Crippen molar-refractivity contribution in [2.75, 3.05) is 6.61 Å². The molecule has 17 heavy (non-hydrogen) atoms. The number of benzene rings is 1. The minimum atomic E-state index is 0.689. The molecule has 1 heterocycles. The number of hydrogen-bond donors (Lipinski definition) is 0. The monoisotopic (exact) mass is 228 g/mol. The summed E-state index contributed by atoms with van der Waals surface area (Å²) in [6, 6.07) is 10.1. The lowest BCUT2D eigenvalue weighted by Crippen LogP contribution is -1.90. The van der Waals surface area contributed by atoms with E-state index < -0.39 is 0 Å². The van der Waals surface area contributed by atoms with Crippen molar-refractivity contribution in [2.45, 2.75) is 13.3 Å². The summed E-state index contributed by atoms with van der Waals surface area (Å²) in [6.45, 7) is 6.36. The van der Waals surface area contributed by atoms with E-state index in [9.17, 15) is 0 Å². The second-order valence-electron chi connectivity index (χ2n) is 3.75. The summed E-state index contributed by atoms with van der Waals surface area (Å²) in [5, 5.41) is 0. The van der Waals surface area contributed by atoms with E-state index in [-0.39, 0.29) is 0 Å². The van der Waals surface area contributed by atoms with Crippen molar-refractivity contribution in [1.29, 1.82) is 0 Å². The van der Waals surface area contributed by atoms with Gasteiger partial charge in [-0.25, -0.2) is 0 Å². The van der Waals surface area contributed by atoms with Crippen LogP contribution in [0.4, 0.5) is 0 Å². The van der Waals surface area contributed by atoms with Crippen molar-refractivity contribution in [2.24, 2.45) is 0 Å². The Balaban J connectivity index is 2.17. The normalized spacial score (nSPS) is 10.2. The molecule has 1 aromatic carbocycles. The number of furan rings is 1. The Labute approximate surface area is 102 Å². The van der Waals surface area contributed by atoms with E-state index in [1.54, 1.807) is 6.26 Å². The van der Waals surface area contributed by atoms with Crippen LogP contribution in [0.15, 0.2) is 53.7 Å². The highest BCUT2D eigenvalue weighted by atomic mass is 16.5. The Morgan fingerprint density at radius 1 is 1.24 bits per heavy atom. The number of rotatable bonds is 5. The standard InChI is InChI=1S/C15H16O2/c1-3-5-15-10-13(11-17-15)12-6-8-14(9-7-12)16-4-2/h3,6-11H,1,4-5H2,2H3. The third-order valence-corrected chi connectivity index (χ3v) is 2.50. The lowest BCUT2D eigenvalue weighted by Gasteiger charge is -2.03. The van der Waals surface area contributed by atoms with E-state index in [0.29, 0.717) is 6.61 Å². The lowest BCUT2D eigenvalue weighted by molar-refractivity contribution is 0.340. The van der Waals surface area contributed by atoms with Crippen LogP contribution in [0.3, 0.4) is 0 Å². The zero-order valence-corrected chi connectivity index (χ0v) is 9.98. The molecule has 0 atom stereocenters. The fourth-order valence-electron chi connectivity index (χ4n) is 1.69. The minimum absolute atomic E-state index is 0.689. The first-order valence-electron chi connectivity index (χ1n) is 5.75. The van der Waals surface area contributed by atoms with Crippen molar-refractivity contribution in [1.82, 2.24) is 0 Å². The number of allylic oxidation sites excluding steroid dienone is 1. The predicted octanol–water partition coefficient (Wildman–Crippen LogP) is 4.07. The van der Waals surface area contributed by atoms with Crippen molar-refractivity contribution in [3.05, 3.63) is 55.0 Å². The minimum Gasteiger partial charge on any atom is -0.494 e. The van der Waals surface area contributed by atoms with Gasteiger partial charge in [0.15, 0.2) is 0 Å². The van der Waals surface area contributed by atoms with E-state index in [1.165, 1.54) is 0 Å². The van der Waals surface area contributed by atoms with Crippen molar-refractivity contribution in [3.63, 3.8) is 0 Å². The fraction of sp³-hybridized carbons (Fsp3) is 0.200. The summed E-state index contributed by atoms with van der Waals surface area (Å²) in [7, 11) is 0. The quantitative estimate of drug-likeness (QED) is 0.720. The van der Waals surface area contributed by atoms with Crippen LogP contribution in [-0.4, -0.2) is 6.61 Å². The van der Waals surface area contributed by atoms with Gasteiger partial charge in [0.05, 0.1) is 12.9 Å². The van der Waals surface area contributed by atoms with Gasteiger partial charge in [0.1, 0.15) is 11.5 Å². The summed E-state index contributed by atoms with van der Waals surface area (Å²) in [6.07, 6.45) is 4.37. The molecule has 1 aromatic heterocycles. The summed E-state index contributed by atoms with van der Waals surface area (Å²) >= 11 is 0. The molecule has 0 saturated carbocycles. The van der Waals surface area contributed by atoms with Gasteiger partial charge in [0, 0.05) is 12.0 Å². The van der Waals surface area contributed by atoms with Crippen molar-refractivity contribution < 1.29 is 9.15 Å². The molecule has 0 amide bonds. The Morgan fingerprint density at radius 2 is 2.00 bits per heavy atom. The van der Waals surface area contributed by atoms with E-state index in [4.69, 9.17) is 9.15 Å². The SMILES string of the molecule is C=CCc1cc(-c2ccc(OCC)cc2)co1. The summed E-state index contributed by atoms with van der Waals surface area (Å²) < 4.78 is 10.8. The van der Waals surface area contributed by atoms with Crippen molar-refractivity contribution >= 4 is 0 Å². The van der Waals surface area contributed by atoms with Gasteiger partial charge in [-0.2, -0.15) is 0 Å². The van der Waals surface area contributed by atoms with Gasteiger partial charge in [-0.1, -0.05) is 18.2 Å². The van der Waals surface area contributed by atoms with Gasteiger partial charge < -0.3 is 9.15 Å². The molecule has 2 nitrogen and oxygen atoms in total. The predicted molar refractivity (Wildman–Crippen MR) is 69.2 cm³/mol. The van der Waals surface area contributed by atoms with Crippen LogP contribution < -0.4 is 4.74 Å². The van der Waals surface area contributed by atoms with Gasteiger partial charge in [0.25, 0.3) is 0 Å². The van der Waals surface area contributed by atoms with Crippen LogP contribution in [0.2, 0.25) is 0 Å². The largest absolute Gasteiger partial charge is 0.494 e. The molecule has 0 fully saturated rings. The number of ether oxygens (including phenoxy) is 1. The molecule has 0 aliphatic rings. The third kappa shape index (κ3) is 2.78. The molecule has 2 aromatic rings. The number of hydrogen-bond acceptors (Lipinski definition) is 2. The molecule has 0 saturated heterocycles. The van der Waals surface area contributed by atoms with Crippen LogP contribution in [0, 0.1) is 0 Å².